The van der Waals surface area contributed by atoms with Crippen LogP contribution in [0.2, 0.25) is 0 Å². The summed E-state index contributed by atoms with van der Waals surface area (Å²) in [5, 5.41) is 5.99. The average Bonchev–Trinajstić information content (AvgIpc) is 2.97. The SMILES string of the molecule is CC1CCCN(C(=O)Cn2ncc3c([nH]c4ccccc43)c2=O)C1. The number of amides is 1. The molecule has 0 spiro atoms. The van der Waals surface area contributed by atoms with Crippen molar-refractivity contribution in [3.8, 4) is 0 Å². The van der Waals surface area contributed by atoms with Gasteiger partial charge in [-0.3, -0.25) is 9.59 Å². The van der Waals surface area contributed by atoms with E-state index in [1.807, 2.05) is 29.2 Å². The monoisotopic (exact) mass is 324 g/mol. The third kappa shape index (κ3) is 2.48. The molecule has 1 amide bonds. The molecule has 124 valence electrons. The van der Waals surface area contributed by atoms with E-state index in [9.17, 15) is 9.59 Å². The second-order valence-electron chi connectivity index (χ2n) is 6.65. The lowest BCUT2D eigenvalue weighted by molar-refractivity contribution is -0.133. The molecule has 0 saturated carbocycles. The highest BCUT2D eigenvalue weighted by atomic mass is 16.2. The Bertz CT molecular complexity index is 972. The number of nitrogens with zero attached hydrogens (tertiary/aromatic N) is 3. The van der Waals surface area contributed by atoms with Crippen molar-refractivity contribution >= 4 is 27.7 Å². The number of likely N-dealkylation sites (tertiary alicyclic amines) is 1. The van der Waals surface area contributed by atoms with Gasteiger partial charge in [-0.05, 0) is 24.8 Å². The minimum Gasteiger partial charge on any atom is -0.350 e. The standard InChI is InChI=1S/C18H20N4O2/c1-12-5-4-8-21(10-12)16(23)11-22-18(24)17-14(9-19-22)13-6-2-3-7-15(13)20-17/h2-3,6-7,9,12,20H,4-5,8,10-11H2,1H3. The first kappa shape index (κ1) is 14.9. The zero-order valence-electron chi connectivity index (χ0n) is 13.7. The Morgan fingerprint density at radius 2 is 2.17 bits per heavy atom. The van der Waals surface area contributed by atoms with Gasteiger partial charge in [-0.2, -0.15) is 5.10 Å². The van der Waals surface area contributed by atoms with Gasteiger partial charge in [0.2, 0.25) is 5.91 Å². The van der Waals surface area contributed by atoms with Gasteiger partial charge in [-0.15, -0.1) is 0 Å². The van der Waals surface area contributed by atoms with E-state index in [0.29, 0.717) is 11.4 Å². The molecule has 0 radical (unpaired) electrons. The van der Waals surface area contributed by atoms with E-state index in [0.717, 1.165) is 42.2 Å². The second kappa shape index (κ2) is 5.78. The van der Waals surface area contributed by atoms with Crippen LogP contribution < -0.4 is 5.56 Å². The maximum Gasteiger partial charge on any atom is 0.291 e. The van der Waals surface area contributed by atoms with Gasteiger partial charge in [-0.25, -0.2) is 4.68 Å². The molecule has 2 aromatic heterocycles. The lowest BCUT2D eigenvalue weighted by Gasteiger charge is -2.30. The van der Waals surface area contributed by atoms with E-state index in [1.165, 1.54) is 4.68 Å². The van der Waals surface area contributed by atoms with E-state index < -0.39 is 0 Å². The summed E-state index contributed by atoms with van der Waals surface area (Å²) >= 11 is 0. The lowest BCUT2D eigenvalue weighted by atomic mass is 10.0. The molecule has 1 aliphatic heterocycles. The molecule has 24 heavy (non-hydrogen) atoms. The number of carbonyl (C=O) groups is 1. The number of aromatic amines is 1. The molecule has 1 aliphatic rings. The van der Waals surface area contributed by atoms with Gasteiger partial charge in [-0.1, -0.05) is 25.1 Å². The van der Waals surface area contributed by atoms with Crippen LogP contribution in [0.15, 0.2) is 35.3 Å². The van der Waals surface area contributed by atoms with Crippen molar-refractivity contribution in [2.24, 2.45) is 5.92 Å². The number of hydrogen-bond acceptors (Lipinski definition) is 3. The number of nitrogens with one attached hydrogen (secondary N) is 1. The van der Waals surface area contributed by atoms with Crippen LogP contribution in [-0.2, 0) is 11.3 Å². The van der Waals surface area contributed by atoms with Crippen molar-refractivity contribution in [3.63, 3.8) is 0 Å². The van der Waals surface area contributed by atoms with Crippen molar-refractivity contribution in [3.05, 3.63) is 40.8 Å². The van der Waals surface area contributed by atoms with Gasteiger partial charge in [0, 0.05) is 29.4 Å². The number of carbonyl (C=O) groups excluding carboxylic acids is 1. The first-order chi connectivity index (χ1) is 11.6. The van der Waals surface area contributed by atoms with Gasteiger partial charge in [0.25, 0.3) is 5.56 Å². The summed E-state index contributed by atoms with van der Waals surface area (Å²) in [6.45, 7) is 3.69. The molecule has 4 rings (SSSR count). The van der Waals surface area contributed by atoms with Crippen molar-refractivity contribution in [1.29, 1.82) is 0 Å². The van der Waals surface area contributed by atoms with Crippen LogP contribution in [-0.4, -0.2) is 38.7 Å². The highest BCUT2D eigenvalue weighted by Gasteiger charge is 2.22. The fourth-order valence-electron chi connectivity index (χ4n) is 3.53. The number of H-pyrrole nitrogens is 1. The predicted octanol–water partition coefficient (Wildman–Crippen LogP) is 2.14. The highest BCUT2D eigenvalue weighted by molar-refractivity contribution is 6.06. The van der Waals surface area contributed by atoms with Gasteiger partial charge in [0.15, 0.2) is 0 Å². The molecule has 6 heteroatoms. The van der Waals surface area contributed by atoms with Gasteiger partial charge < -0.3 is 9.88 Å². The molecular weight excluding hydrogens is 304 g/mol. The van der Waals surface area contributed by atoms with Crippen LogP contribution >= 0.6 is 0 Å². The van der Waals surface area contributed by atoms with E-state index in [-0.39, 0.29) is 18.0 Å². The fraction of sp³-hybridized carbons (Fsp3) is 0.389. The first-order valence-electron chi connectivity index (χ1n) is 8.38. The van der Waals surface area contributed by atoms with Crippen molar-refractivity contribution in [1.82, 2.24) is 19.7 Å². The second-order valence-corrected chi connectivity index (χ2v) is 6.65. The number of hydrogen-bond donors (Lipinski definition) is 1. The van der Waals surface area contributed by atoms with E-state index in [4.69, 9.17) is 0 Å². The molecule has 0 bridgehead atoms. The van der Waals surface area contributed by atoms with Crippen molar-refractivity contribution < 1.29 is 4.79 Å². The fourth-order valence-corrected chi connectivity index (χ4v) is 3.53. The third-order valence-corrected chi connectivity index (χ3v) is 4.82. The van der Waals surface area contributed by atoms with Crippen LogP contribution in [0.25, 0.3) is 21.8 Å². The summed E-state index contributed by atoms with van der Waals surface area (Å²) in [5.41, 5.74) is 1.16. The molecule has 1 N–H and O–H groups in total. The zero-order valence-corrected chi connectivity index (χ0v) is 13.7. The smallest absolute Gasteiger partial charge is 0.291 e. The van der Waals surface area contributed by atoms with E-state index >= 15 is 0 Å². The molecule has 1 unspecified atom stereocenters. The Morgan fingerprint density at radius 3 is 3.00 bits per heavy atom. The molecule has 1 atom stereocenters. The van der Waals surface area contributed by atoms with Crippen LogP contribution in [0.4, 0.5) is 0 Å². The van der Waals surface area contributed by atoms with Crippen molar-refractivity contribution in [2.75, 3.05) is 13.1 Å². The number of rotatable bonds is 2. The van der Waals surface area contributed by atoms with Gasteiger partial charge in [0.1, 0.15) is 12.1 Å². The number of fused-ring (bicyclic) bond motifs is 3. The average molecular weight is 324 g/mol. The summed E-state index contributed by atoms with van der Waals surface area (Å²) in [6, 6.07) is 7.74. The quantitative estimate of drug-likeness (QED) is 0.785. The van der Waals surface area contributed by atoms with Crippen LogP contribution in [0.1, 0.15) is 19.8 Å². The minimum atomic E-state index is -0.248. The molecule has 3 heterocycles. The summed E-state index contributed by atoms with van der Waals surface area (Å²) in [5.74, 6) is 0.482. The number of benzene rings is 1. The molecule has 1 aromatic carbocycles. The summed E-state index contributed by atoms with van der Waals surface area (Å²) < 4.78 is 1.26. The van der Waals surface area contributed by atoms with Gasteiger partial charge >= 0.3 is 0 Å². The highest BCUT2D eigenvalue weighted by Crippen LogP contribution is 2.22. The largest absolute Gasteiger partial charge is 0.350 e. The number of para-hydroxylation sites is 1. The minimum absolute atomic E-state index is 0.00312. The number of piperidine rings is 1. The normalized spacial score (nSPS) is 18.4. The molecule has 6 nitrogen and oxygen atoms in total. The van der Waals surface area contributed by atoms with E-state index in [1.54, 1.807) is 6.20 Å². The maximum absolute atomic E-state index is 12.7. The van der Waals surface area contributed by atoms with Crippen molar-refractivity contribution in [2.45, 2.75) is 26.3 Å². The maximum atomic E-state index is 12.7. The molecule has 0 aliphatic carbocycles. The first-order valence-corrected chi connectivity index (χ1v) is 8.38. The summed E-state index contributed by atoms with van der Waals surface area (Å²) in [4.78, 5) is 30.2. The Labute approximate surface area is 139 Å². The van der Waals surface area contributed by atoms with Crippen LogP contribution in [0, 0.1) is 5.92 Å². The topological polar surface area (TPSA) is 71.0 Å². The van der Waals surface area contributed by atoms with Crippen LogP contribution in [0.5, 0.6) is 0 Å². The van der Waals surface area contributed by atoms with Gasteiger partial charge in [0.05, 0.1) is 6.20 Å². The molecule has 1 saturated heterocycles. The molecule has 3 aromatic rings. The van der Waals surface area contributed by atoms with Crippen LogP contribution in [0.3, 0.4) is 0 Å². The summed E-state index contributed by atoms with van der Waals surface area (Å²) in [6.07, 6.45) is 3.85. The lowest BCUT2D eigenvalue weighted by Crippen LogP contribution is -2.42. The molecule has 1 fully saturated rings. The Kier molecular flexibility index (Phi) is 3.59. The molecular formula is C18H20N4O2. The number of aromatic nitrogens is 3. The van der Waals surface area contributed by atoms with E-state index in [2.05, 4.69) is 17.0 Å². The Morgan fingerprint density at radius 1 is 1.33 bits per heavy atom. The predicted molar refractivity (Wildman–Crippen MR) is 92.8 cm³/mol. The third-order valence-electron chi connectivity index (χ3n) is 4.82. The summed E-state index contributed by atoms with van der Waals surface area (Å²) in [7, 11) is 0. The Hall–Kier alpha value is -2.63. The Balaban J connectivity index is 1.67. The zero-order chi connectivity index (χ0) is 16.7.